The van der Waals surface area contributed by atoms with Crippen LogP contribution in [0, 0.1) is 0 Å². The highest BCUT2D eigenvalue weighted by Crippen LogP contribution is 2.25. The fourth-order valence-corrected chi connectivity index (χ4v) is 4.89. The first-order chi connectivity index (χ1) is 17.8. The van der Waals surface area contributed by atoms with Gasteiger partial charge < -0.3 is 35.0 Å². The summed E-state index contributed by atoms with van der Waals surface area (Å²) in [5, 5.41) is 16.0. The summed E-state index contributed by atoms with van der Waals surface area (Å²) < 4.78 is 10.6. The summed E-state index contributed by atoms with van der Waals surface area (Å²) in [6.45, 7) is 2.83. The Kier molecular flexibility index (Phi) is 8.52. The van der Waals surface area contributed by atoms with Crippen LogP contribution in [-0.2, 0) is 32.0 Å². The number of likely N-dealkylation sites (tertiary alicyclic amines) is 1. The van der Waals surface area contributed by atoms with Crippen LogP contribution in [0.2, 0.25) is 0 Å². The van der Waals surface area contributed by atoms with Crippen molar-refractivity contribution in [3.63, 3.8) is 0 Å². The second kappa shape index (κ2) is 11.8. The summed E-state index contributed by atoms with van der Waals surface area (Å²) in [4.78, 5) is 53.8. The smallest absolute Gasteiger partial charge is 0.410 e. The molecule has 1 aliphatic carbocycles. The molecule has 3 N–H and O–H groups in total. The Morgan fingerprint density at radius 3 is 2.57 bits per heavy atom. The molecule has 1 aromatic carbocycles. The quantitative estimate of drug-likeness (QED) is 0.443. The Morgan fingerprint density at radius 2 is 1.89 bits per heavy atom. The first-order valence-corrected chi connectivity index (χ1v) is 13.0. The van der Waals surface area contributed by atoms with Gasteiger partial charge in [-0.05, 0) is 36.8 Å². The maximum atomic E-state index is 13.2. The number of hydrogen-bond acceptors (Lipinski definition) is 7. The van der Waals surface area contributed by atoms with E-state index in [1.165, 1.54) is 17.6 Å². The predicted octanol–water partition coefficient (Wildman–Crippen LogP) is 1.32. The highest BCUT2D eigenvalue weighted by atomic mass is 16.6. The fourth-order valence-electron chi connectivity index (χ4n) is 4.89. The molecule has 4 amide bonds. The number of esters is 1. The number of ether oxygens (including phenoxy) is 2. The van der Waals surface area contributed by atoms with Gasteiger partial charge in [-0.2, -0.15) is 0 Å². The molecule has 11 heteroatoms. The summed E-state index contributed by atoms with van der Waals surface area (Å²) in [7, 11) is 1.23. The van der Waals surface area contributed by atoms with Crippen LogP contribution in [0.25, 0.3) is 0 Å². The molecule has 202 valence electrons. The van der Waals surface area contributed by atoms with Crippen molar-refractivity contribution in [1.82, 2.24) is 20.4 Å². The number of nitrogens with one attached hydrogen (secondary N) is 2. The van der Waals surface area contributed by atoms with Crippen molar-refractivity contribution in [2.75, 3.05) is 20.2 Å². The fraction of sp³-hybridized carbons (Fsp3) is 0.615. The van der Waals surface area contributed by atoms with Crippen LogP contribution < -0.4 is 10.6 Å². The molecule has 1 saturated carbocycles. The van der Waals surface area contributed by atoms with E-state index in [-0.39, 0.29) is 19.0 Å². The van der Waals surface area contributed by atoms with Crippen molar-refractivity contribution in [3.05, 3.63) is 35.4 Å². The van der Waals surface area contributed by atoms with E-state index in [9.17, 15) is 24.3 Å². The highest BCUT2D eigenvalue weighted by Gasteiger charge is 2.44. The van der Waals surface area contributed by atoms with Gasteiger partial charge in [0.1, 0.15) is 12.1 Å². The second-order valence-corrected chi connectivity index (χ2v) is 9.95. The number of rotatable bonds is 8. The lowest BCUT2D eigenvalue weighted by Gasteiger charge is -2.29. The minimum absolute atomic E-state index is 0.00895. The van der Waals surface area contributed by atoms with Crippen LogP contribution in [0.15, 0.2) is 24.3 Å². The average Bonchev–Trinajstić information content (AvgIpc) is 3.62. The number of aliphatic hydroxyl groups excluding tert-OH is 1. The van der Waals surface area contributed by atoms with Gasteiger partial charge in [-0.3, -0.25) is 4.79 Å². The third-order valence-electron chi connectivity index (χ3n) is 7.14. The number of methoxy groups -OCH3 is 1. The molecule has 2 unspecified atom stereocenters. The first kappa shape index (κ1) is 26.7. The average molecular weight is 517 g/mol. The monoisotopic (exact) mass is 516 g/mol. The molecule has 3 aliphatic rings. The summed E-state index contributed by atoms with van der Waals surface area (Å²) >= 11 is 0. The number of aliphatic hydroxyl groups is 1. The van der Waals surface area contributed by atoms with Crippen LogP contribution in [0.4, 0.5) is 9.59 Å². The van der Waals surface area contributed by atoms with Gasteiger partial charge in [-0.1, -0.05) is 37.6 Å². The van der Waals surface area contributed by atoms with Crippen molar-refractivity contribution < 1.29 is 33.8 Å². The van der Waals surface area contributed by atoms with Crippen molar-refractivity contribution in [3.8, 4) is 0 Å². The van der Waals surface area contributed by atoms with Gasteiger partial charge in [0, 0.05) is 25.6 Å². The number of carbonyl (C=O) groups is 4. The Labute approximate surface area is 216 Å². The number of hydrogen-bond donors (Lipinski definition) is 3. The van der Waals surface area contributed by atoms with Gasteiger partial charge in [0.25, 0.3) is 5.91 Å². The molecular formula is C26H36N4O7. The van der Waals surface area contributed by atoms with E-state index < -0.39 is 48.3 Å². The molecule has 4 rings (SSSR count). The summed E-state index contributed by atoms with van der Waals surface area (Å²) in [5.74, 6) is -1.15. The molecule has 2 heterocycles. The number of amides is 4. The van der Waals surface area contributed by atoms with E-state index in [4.69, 9.17) is 9.47 Å². The minimum Gasteiger partial charge on any atom is -0.467 e. The zero-order valence-corrected chi connectivity index (χ0v) is 21.4. The Morgan fingerprint density at radius 1 is 1.16 bits per heavy atom. The molecule has 0 radical (unpaired) electrons. The van der Waals surface area contributed by atoms with E-state index in [1.54, 1.807) is 4.90 Å². The van der Waals surface area contributed by atoms with Crippen LogP contribution >= 0.6 is 0 Å². The standard InChI is InChI=1S/C26H36N4O7/c1-3-6-20(22(31)23(32)27-18-9-10-18)28-25(34)30-15-19(13-21(30)24(33)36-2)37-26(35)29-12-11-16-7-4-5-8-17(16)14-29/h4-5,7-8,18-22,31H,3,6,9-15H2,1-2H3,(H,27,32)(H,28,34)/t19-,20?,21-,22?/m0/s1. The van der Waals surface area contributed by atoms with E-state index in [0.717, 1.165) is 24.8 Å². The number of fused-ring (bicyclic) bond motifs is 1. The van der Waals surface area contributed by atoms with Crippen molar-refractivity contribution in [1.29, 1.82) is 0 Å². The van der Waals surface area contributed by atoms with Crippen LogP contribution in [0.5, 0.6) is 0 Å². The predicted molar refractivity (Wildman–Crippen MR) is 132 cm³/mol. The molecule has 2 aliphatic heterocycles. The van der Waals surface area contributed by atoms with Crippen LogP contribution in [0.3, 0.4) is 0 Å². The number of urea groups is 1. The third kappa shape index (κ3) is 6.51. The van der Waals surface area contributed by atoms with Gasteiger partial charge in [0.05, 0.1) is 19.7 Å². The van der Waals surface area contributed by atoms with Crippen LogP contribution in [-0.4, -0.2) is 89.4 Å². The van der Waals surface area contributed by atoms with Gasteiger partial charge in [-0.25, -0.2) is 14.4 Å². The Hall–Kier alpha value is -3.34. The van der Waals surface area contributed by atoms with Gasteiger partial charge >= 0.3 is 18.1 Å². The van der Waals surface area contributed by atoms with E-state index in [0.29, 0.717) is 25.9 Å². The lowest BCUT2D eigenvalue weighted by molar-refractivity contribution is -0.145. The van der Waals surface area contributed by atoms with Crippen molar-refractivity contribution in [2.24, 2.45) is 0 Å². The van der Waals surface area contributed by atoms with Gasteiger partial charge in [-0.15, -0.1) is 0 Å². The molecule has 2 fully saturated rings. The molecule has 0 bridgehead atoms. The third-order valence-corrected chi connectivity index (χ3v) is 7.14. The summed E-state index contributed by atoms with van der Waals surface area (Å²) in [6, 6.07) is 5.60. The maximum absolute atomic E-state index is 13.2. The normalized spacial score (nSPS) is 22.5. The summed E-state index contributed by atoms with van der Waals surface area (Å²) in [5.41, 5.74) is 2.27. The molecule has 11 nitrogen and oxygen atoms in total. The lowest BCUT2D eigenvalue weighted by Crippen LogP contribution is -2.55. The SMILES string of the molecule is CCCC(NC(=O)N1C[C@@H](OC(=O)N2CCc3ccccc3C2)C[C@H]1C(=O)OC)C(O)C(=O)NC1CC1. The molecule has 1 saturated heterocycles. The van der Waals surface area contributed by atoms with E-state index in [2.05, 4.69) is 10.6 Å². The minimum atomic E-state index is -1.42. The molecule has 37 heavy (non-hydrogen) atoms. The van der Waals surface area contributed by atoms with Crippen molar-refractivity contribution >= 4 is 24.0 Å². The van der Waals surface area contributed by atoms with Crippen molar-refractivity contribution in [2.45, 2.75) is 82.3 Å². The number of benzene rings is 1. The Balaban J connectivity index is 1.38. The molecule has 0 spiro atoms. The molecular weight excluding hydrogens is 480 g/mol. The van der Waals surface area contributed by atoms with E-state index in [1.807, 2.05) is 31.2 Å². The zero-order chi connectivity index (χ0) is 26.5. The number of nitrogens with zero attached hydrogens (tertiary/aromatic N) is 2. The highest BCUT2D eigenvalue weighted by molar-refractivity contribution is 5.86. The number of carbonyl (C=O) groups excluding carboxylic acids is 4. The van der Waals surface area contributed by atoms with Gasteiger partial charge in [0.15, 0.2) is 6.10 Å². The molecule has 1 aromatic rings. The summed E-state index contributed by atoms with van der Waals surface area (Å²) in [6.07, 6.45) is 0.955. The maximum Gasteiger partial charge on any atom is 0.410 e. The topological polar surface area (TPSA) is 138 Å². The second-order valence-electron chi connectivity index (χ2n) is 9.95. The lowest BCUT2D eigenvalue weighted by atomic mass is 10.0. The largest absolute Gasteiger partial charge is 0.467 e. The first-order valence-electron chi connectivity index (χ1n) is 13.0. The van der Waals surface area contributed by atoms with E-state index >= 15 is 0 Å². The van der Waals surface area contributed by atoms with Crippen LogP contribution in [0.1, 0.15) is 50.2 Å². The molecule has 4 atom stereocenters. The Bertz CT molecular complexity index is 1010. The zero-order valence-electron chi connectivity index (χ0n) is 21.4. The van der Waals surface area contributed by atoms with Gasteiger partial charge in [0.2, 0.25) is 0 Å². The molecule has 0 aromatic heterocycles.